The third-order valence-electron chi connectivity index (χ3n) is 6.76. The quantitative estimate of drug-likeness (QED) is 0.669. The number of carbonyl (C=O) groups excluding carboxylic acids is 1. The molecule has 0 aromatic carbocycles. The number of hydrogen-bond donors (Lipinski definition) is 1. The summed E-state index contributed by atoms with van der Waals surface area (Å²) < 4.78 is 8.02. The Morgan fingerprint density at radius 1 is 1.35 bits per heavy atom. The smallest absolute Gasteiger partial charge is 0.271 e. The fourth-order valence-corrected chi connectivity index (χ4v) is 5.70. The molecule has 1 aliphatic carbocycles. The van der Waals surface area contributed by atoms with E-state index in [1.807, 2.05) is 0 Å². The van der Waals surface area contributed by atoms with Gasteiger partial charge in [-0.1, -0.05) is 26.2 Å². The molecule has 3 aromatic heterocycles. The van der Waals surface area contributed by atoms with Crippen LogP contribution in [0.3, 0.4) is 0 Å². The topological polar surface area (TPSA) is 86.1 Å². The van der Waals surface area contributed by atoms with Gasteiger partial charge in [-0.2, -0.15) is 0 Å². The summed E-state index contributed by atoms with van der Waals surface area (Å²) in [6.07, 6.45) is 8.76. The number of ether oxygens (including phenoxy) is 1. The molecule has 0 radical (unpaired) electrons. The van der Waals surface area contributed by atoms with Crippen molar-refractivity contribution in [2.45, 2.75) is 83.6 Å². The van der Waals surface area contributed by atoms with E-state index in [2.05, 4.69) is 30.2 Å². The highest BCUT2D eigenvalue weighted by Gasteiger charge is 2.31. The Morgan fingerprint density at radius 2 is 2.16 bits per heavy atom. The van der Waals surface area contributed by atoms with E-state index in [9.17, 15) is 9.59 Å². The largest absolute Gasteiger partial charge is 0.370 e. The number of pyridine rings is 1. The summed E-state index contributed by atoms with van der Waals surface area (Å²) in [6, 6.07) is 2.29. The average molecular weight is 441 g/mol. The summed E-state index contributed by atoms with van der Waals surface area (Å²) in [5.74, 6) is -0.124. The first-order valence-corrected chi connectivity index (χ1v) is 12.0. The van der Waals surface area contributed by atoms with Gasteiger partial charge in [0.25, 0.3) is 5.56 Å². The second-order valence-corrected chi connectivity index (χ2v) is 10.1. The predicted octanol–water partition coefficient (Wildman–Crippen LogP) is 3.70. The van der Waals surface area contributed by atoms with Crippen LogP contribution in [0.25, 0.3) is 20.4 Å². The van der Waals surface area contributed by atoms with E-state index in [0.29, 0.717) is 16.8 Å². The lowest BCUT2D eigenvalue weighted by Crippen LogP contribution is -2.39. The van der Waals surface area contributed by atoms with Crippen molar-refractivity contribution in [1.29, 1.82) is 0 Å². The zero-order valence-electron chi connectivity index (χ0n) is 18.1. The molecule has 0 bridgehead atoms. The minimum absolute atomic E-state index is 0.000851. The van der Waals surface area contributed by atoms with Gasteiger partial charge in [-0.15, -0.1) is 11.3 Å². The molecular formula is C23H28N4O3S. The van der Waals surface area contributed by atoms with Crippen LogP contribution in [0.4, 0.5) is 0 Å². The number of hydrogen-bond acceptors (Lipinski definition) is 6. The molecule has 8 heteroatoms. The first kappa shape index (κ1) is 20.6. The van der Waals surface area contributed by atoms with Crippen molar-refractivity contribution in [1.82, 2.24) is 19.9 Å². The van der Waals surface area contributed by atoms with Gasteiger partial charge in [0, 0.05) is 23.4 Å². The van der Waals surface area contributed by atoms with Crippen LogP contribution < -0.4 is 10.9 Å². The van der Waals surface area contributed by atoms with Crippen molar-refractivity contribution in [3.63, 3.8) is 0 Å². The molecule has 4 heterocycles. The lowest BCUT2D eigenvalue weighted by atomic mass is 9.91. The zero-order valence-corrected chi connectivity index (χ0v) is 18.9. The highest BCUT2D eigenvalue weighted by molar-refractivity contribution is 7.25. The van der Waals surface area contributed by atoms with E-state index in [4.69, 9.17) is 9.72 Å². The van der Waals surface area contributed by atoms with Crippen LogP contribution >= 0.6 is 11.3 Å². The second-order valence-electron chi connectivity index (χ2n) is 9.08. The predicted molar refractivity (Wildman–Crippen MR) is 121 cm³/mol. The molecule has 0 spiro atoms. The standard InChI is InChI=1S/C23H28N4O3S/c1-3-23(2)10-17-14(12-30-23)9-16-19-20(31-21(16)26-17)22(29)27(13-24-19)11-18(28)25-15-7-5-4-6-8-15/h9,13,15H,3-8,10-12H2,1-2H3,(H,25,28)/t23-/m0/s1. The molecule has 2 aliphatic rings. The average Bonchev–Trinajstić information content (AvgIpc) is 3.13. The van der Waals surface area contributed by atoms with Gasteiger partial charge in [0.05, 0.1) is 29.7 Å². The van der Waals surface area contributed by atoms with Gasteiger partial charge in [0.15, 0.2) is 0 Å². The normalized spacial score (nSPS) is 22.0. The summed E-state index contributed by atoms with van der Waals surface area (Å²) in [5, 5.41) is 3.96. The van der Waals surface area contributed by atoms with E-state index in [0.717, 1.165) is 60.0 Å². The molecule has 7 nitrogen and oxygen atoms in total. The fourth-order valence-electron chi connectivity index (χ4n) is 4.62. The minimum atomic E-state index is -0.193. The van der Waals surface area contributed by atoms with E-state index in [1.54, 1.807) is 0 Å². The Morgan fingerprint density at radius 3 is 2.94 bits per heavy atom. The number of nitrogens with zero attached hydrogens (tertiary/aromatic N) is 3. The van der Waals surface area contributed by atoms with Gasteiger partial charge in [-0.3, -0.25) is 14.2 Å². The molecule has 1 amide bonds. The van der Waals surface area contributed by atoms with E-state index in [-0.39, 0.29) is 29.7 Å². The Balaban J connectivity index is 1.45. The molecule has 1 fully saturated rings. The maximum atomic E-state index is 13.1. The van der Waals surface area contributed by atoms with E-state index in [1.165, 1.54) is 28.7 Å². The highest BCUT2D eigenvalue weighted by atomic mass is 32.1. The maximum absolute atomic E-state index is 13.1. The number of amides is 1. The summed E-state index contributed by atoms with van der Waals surface area (Å²) in [7, 11) is 0. The van der Waals surface area contributed by atoms with Crippen molar-refractivity contribution in [2.24, 2.45) is 0 Å². The van der Waals surface area contributed by atoms with Crippen molar-refractivity contribution in [3.05, 3.63) is 34.0 Å². The van der Waals surface area contributed by atoms with E-state index >= 15 is 0 Å². The number of fused-ring (bicyclic) bond motifs is 4. The Labute approximate surface area is 184 Å². The maximum Gasteiger partial charge on any atom is 0.271 e. The zero-order chi connectivity index (χ0) is 21.6. The SMILES string of the molecule is CC[C@@]1(C)Cc2nc3sc4c(=O)n(CC(=O)NC5CCCCC5)cnc4c3cc2CO1. The van der Waals surface area contributed by atoms with Crippen LogP contribution in [0.2, 0.25) is 0 Å². The van der Waals surface area contributed by atoms with Crippen molar-refractivity contribution >= 4 is 37.7 Å². The van der Waals surface area contributed by atoms with Crippen LogP contribution in [0.1, 0.15) is 63.6 Å². The van der Waals surface area contributed by atoms with Gasteiger partial charge in [0.1, 0.15) is 16.1 Å². The lowest BCUT2D eigenvalue weighted by molar-refractivity contribution is -0.122. The third kappa shape index (κ3) is 3.87. The molecule has 1 N–H and O–H groups in total. The van der Waals surface area contributed by atoms with Crippen molar-refractivity contribution in [2.75, 3.05) is 0 Å². The van der Waals surface area contributed by atoms with Gasteiger partial charge in [0.2, 0.25) is 5.91 Å². The molecule has 1 saturated carbocycles. The molecule has 0 unspecified atom stereocenters. The molecule has 31 heavy (non-hydrogen) atoms. The van der Waals surface area contributed by atoms with E-state index < -0.39 is 0 Å². The first-order valence-electron chi connectivity index (χ1n) is 11.2. The highest BCUT2D eigenvalue weighted by Crippen LogP contribution is 2.35. The number of nitrogens with one attached hydrogen (secondary N) is 1. The van der Waals surface area contributed by atoms with Gasteiger partial charge in [-0.05, 0) is 32.3 Å². The molecule has 1 aliphatic heterocycles. The summed E-state index contributed by atoms with van der Waals surface area (Å²) in [4.78, 5) is 35.8. The molecule has 3 aromatic rings. The van der Waals surface area contributed by atoms with Gasteiger partial charge < -0.3 is 10.1 Å². The number of aromatic nitrogens is 3. The molecular weight excluding hydrogens is 412 g/mol. The third-order valence-corrected chi connectivity index (χ3v) is 7.83. The van der Waals surface area contributed by atoms with Crippen LogP contribution in [0.5, 0.6) is 0 Å². The first-order chi connectivity index (χ1) is 15.0. The Bertz CT molecular complexity index is 1210. The Hall–Kier alpha value is -2.32. The number of thiophene rings is 1. The molecule has 0 saturated heterocycles. The van der Waals surface area contributed by atoms with Crippen molar-refractivity contribution < 1.29 is 9.53 Å². The van der Waals surface area contributed by atoms with Gasteiger partial charge >= 0.3 is 0 Å². The van der Waals surface area contributed by atoms with Crippen LogP contribution in [0.15, 0.2) is 17.2 Å². The summed E-state index contributed by atoms with van der Waals surface area (Å²) in [5.41, 5.74) is 2.39. The van der Waals surface area contributed by atoms with Crippen molar-refractivity contribution in [3.8, 4) is 0 Å². The van der Waals surface area contributed by atoms with Crippen LogP contribution in [0, 0.1) is 0 Å². The second kappa shape index (κ2) is 7.98. The molecule has 1 atom stereocenters. The summed E-state index contributed by atoms with van der Waals surface area (Å²) >= 11 is 1.37. The Kier molecular flexibility index (Phi) is 5.30. The van der Waals surface area contributed by atoms with Gasteiger partial charge in [-0.25, -0.2) is 9.97 Å². The number of rotatable bonds is 4. The lowest BCUT2D eigenvalue weighted by Gasteiger charge is -2.33. The fraction of sp³-hybridized carbons (Fsp3) is 0.565. The summed E-state index contributed by atoms with van der Waals surface area (Å²) in [6.45, 7) is 4.77. The molecule has 164 valence electrons. The number of carbonyl (C=O) groups is 1. The minimum Gasteiger partial charge on any atom is -0.370 e. The van der Waals surface area contributed by atoms with Crippen LogP contribution in [-0.2, 0) is 29.1 Å². The molecule has 5 rings (SSSR count). The monoisotopic (exact) mass is 440 g/mol. The van der Waals surface area contributed by atoms with Crippen LogP contribution in [-0.4, -0.2) is 32.1 Å².